The first-order valence-electron chi connectivity index (χ1n) is 6.93. The lowest BCUT2D eigenvalue weighted by atomic mass is 9.97. The fourth-order valence-corrected chi connectivity index (χ4v) is 2.37. The molecule has 0 saturated heterocycles. The summed E-state index contributed by atoms with van der Waals surface area (Å²) >= 11 is 0. The molecule has 0 bridgehead atoms. The van der Waals surface area contributed by atoms with Crippen molar-refractivity contribution in [2.75, 3.05) is 0 Å². The molecular formula is C17H12N4O2. The highest BCUT2D eigenvalue weighted by molar-refractivity contribution is 6.13. The molecule has 0 spiro atoms. The summed E-state index contributed by atoms with van der Waals surface area (Å²) in [5, 5.41) is 7.65. The molecule has 23 heavy (non-hydrogen) atoms. The number of carbonyl (C=O) groups excluding carboxylic acids is 1. The summed E-state index contributed by atoms with van der Waals surface area (Å²) in [4.78, 5) is 15.6. The highest BCUT2D eigenvalue weighted by Gasteiger charge is 2.23. The van der Waals surface area contributed by atoms with Gasteiger partial charge < -0.3 is 4.52 Å². The summed E-state index contributed by atoms with van der Waals surface area (Å²) in [7, 11) is 0. The number of hydrogen-bond acceptors (Lipinski definition) is 4. The number of azide groups is 1. The molecule has 6 nitrogen and oxygen atoms in total. The Kier molecular flexibility index (Phi) is 3.91. The third kappa shape index (κ3) is 2.71. The Hall–Kier alpha value is -3.37. The van der Waals surface area contributed by atoms with Gasteiger partial charge >= 0.3 is 0 Å². The van der Waals surface area contributed by atoms with Gasteiger partial charge in [0.15, 0.2) is 5.78 Å². The normalized spacial score (nSPS) is 10.1. The van der Waals surface area contributed by atoms with Crippen LogP contribution in [-0.4, -0.2) is 10.9 Å². The van der Waals surface area contributed by atoms with Crippen molar-refractivity contribution in [1.82, 2.24) is 5.16 Å². The zero-order valence-electron chi connectivity index (χ0n) is 12.3. The largest absolute Gasteiger partial charge is 0.360 e. The third-order valence-corrected chi connectivity index (χ3v) is 3.44. The first-order chi connectivity index (χ1) is 11.2. The quantitative estimate of drug-likeness (QED) is 0.299. The summed E-state index contributed by atoms with van der Waals surface area (Å²) in [6.07, 6.45) is 0. The first-order valence-corrected chi connectivity index (χ1v) is 6.93. The molecule has 0 N–H and O–H groups in total. The van der Waals surface area contributed by atoms with E-state index in [1.54, 1.807) is 55.5 Å². The Balaban J connectivity index is 2.17. The zero-order chi connectivity index (χ0) is 16.2. The molecule has 112 valence electrons. The van der Waals surface area contributed by atoms with Crippen molar-refractivity contribution in [1.29, 1.82) is 0 Å². The van der Waals surface area contributed by atoms with Crippen LogP contribution in [0.3, 0.4) is 0 Å². The van der Waals surface area contributed by atoms with E-state index in [1.807, 2.05) is 6.07 Å². The molecule has 0 aliphatic heterocycles. The Morgan fingerprint density at radius 3 is 2.57 bits per heavy atom. The average molecular weight is 304 g/mol. The highest BCUT2D eigenvalue weighted by atomic mass is 16.5. The number of aromatic nitrogens is 1. The van der Waals surface area contributed by atoms with Gasteiger partial charge in [-0.1, -0.05) is 64.9 Å². The molecule has 2 aromatic carbocycles. The first kappa shape index (κ1) is 14.6. The second-order valence-corrected chi connectivity index (χ2v) is 4.86. The summed E-state index contributed by atoms with van der Waals surface area (Å²) < 4.78 is 5.22. The molecule has 3 aromatic rings. The van der Waals surface area contributed by atoms with E-state index in [4.69, 9.17) is 10.1 Å². The van der Waals surface area contributed by atoms with Crippen molar-refractivity contribution < 1.29 is 9.32 Å². The summed E-state index contributed by atoms with van der Waals surface area (Å²) in [5.74, 6) is 0.236. The Labute approximate surface area is 132 Å². The third-order valence-electron chi connectivity index (χ3n) is 3.44. The minimum atomic E-state index is -0.185. The van der Waals surface area contributed by atoms with Crippen LogP contribution in [0.4, 0.5) is 5.69 Å². The van der Waals surface area contributed by atoms with Gasteiger partial charge in [-0.05, 0) is 12.5 Å². The van der Waals surface area contributed by atoms with Crippen LogP contribution in [0.1, 0.15) is 21.7 Å². The van der Waals surface area contributed by atoms with Crippen LogP contribution >= 0.6 is 0 Å². The number of carbonyl (C=O) groups is 1. The molecule has 0 saturated carbocycles. The molecule has 3 rings (SSSR count). The topological polar surface area (TPSA) is 91.9 Å². The SMILES string of the molecule is Cc1onc(-c2ccccc2N=[N+]=[N-])c1C(=O)c1ccccc1. The van der Waals surface area contributed by atoms with Gasteiger partial charge in [0.05, 0.1) is 5.56 Å². The minimum Gasteiger partial charge on any atom is -0.360 e. The number of hydrogen-bond donors (Lipinski definition) is 0. The number of benzene rings is 2. The van der Waals surface area contributed by atoms with E-state index in [0.29, 0.717) is 33.8 Å². The Morgan fingerprint density at radius 2 is 1.83 bits per heavy atom. The van der Waals surface area contributed by atoms with E-state index in [2.05, 4.69) is 15.2 Å². The van der Waals surface area contributed by atoms with Crippen molar-refractivity contribution in [3.63, 3.8) is 0 Å². The summed E-state index contributed by atoms with van der Waals surface area (Å²) in [6.45, 7) is 1.68. The van der Waals surface area contributed by atoms with Gasteiger partial charge in [-0.3, -0.25) is 4.79 Å². The Morgan fingerprint density at radius 1 is 1.13 bits per heavy atom. The van der Waals surface area contributed by atoms with Gasteiger partial charge in [0.2, 0.25) is 0 Å². The monoisotopic (exact) mass is 304 g/mol. The van der Waals surface area contributed by atoms with E-state index < -0.39 is 0 Å². The molecule has 0 radical (unpaired) electrons. The van der Waals surface area contributed by atoms with Gasteiger partial charge in [-0.25, -0.2) is 0 Å². The maximum absolute atomic E-state index is 12.8. The van der Waals surface area contributed by atoms with Crippen molar-refractivity contribution in [2.45, 2.75) is 6.92 Å². The highest BCUT2D eigenvalue weighted by Crippen LogP contribution is 2.34. The molecule has 1 heterocycles. The van der Waals surface area contributed by atoms with Crippen LogP contribution in [0.25, 0.3) is 21.7 Å². The van der Waals surface area contributed by atoms with Crippen LogP contribution in [0.5, 0.6) is 0 Å². The summed E-state index contributed by atoms with van der Waals surface area (Å²) in [6, 6.07) is 15.8. The van der Waals surface area contributed by atoms with Gasteiger partial charge in [0.25, 0.3) is 0 Å². The second-order valence-electron chi connectivity index (χ2n) is 4.86. The molecule has 0 atom stereocenters. The van der Waals surface area contributed by atoms with Crippen LogP contribution in [-0.2, 0) is 0 Å². The smallest absolute Gasteiger partial charge is 0.198 e. The summed E-state index contributed by atoms with van der Waals surface area (Å²) in [5.41, 5.74) is 10.9. The molecule has 1 aromatic heterocycles. The number of rotatable bonds is 4. The molecule has 0 aliphatic rings. The van der Waals surface area contributed by atoms with Gasteiger partial charge in [-0.15, -0.1) is 0 Å². The van der Waals surface area contributed by atoms with Crippen molar-refractivity contribution in [3.05, 3.63) is 81.9 Å². The van der Waals surface area contributed by atoms with Crippen molar-refractivity contribution in [2.24, 2.45) is 5.11 Å². The fourth-order valence-electron chi connectivity index (χ4n) is 2.37. The standard InChI is InChI=1S/C17H12N4O2/c1-11-15(17(22)12-7-3-2-4-8-12)16(20-23-11)13-9-5-6-10-14(13)19-21-18/h2-10H,1H3. The van der Waals surface area contributed by atoms with E-state index in [1.165, 1.54) is 0 Å². The lowest BCUT2D eigenvalue weighted by Gasteiger charge is -2.05. The maximum Gasteiger partial charge on any atom is 0.198 e. The van der Waals surface area contributed by atoms with Crippen molar-refractivity contribution in [3.8, 4) is 11.3 Å². The van der Waals surface area contributed by atoms with E-state index in [0.717, 1.165) is 0 Å². The Bertz CT molecular complexity index is 909. The van der Waals surface area contributed by atoms with Gasteiger partial charge in [0, 0.05) is 21.7 Å². The molecular weight excluding hydrogens is 292 g/mol. The van der Waals surface area contributed by atoms with E-state index in [-0.39, 0.29) is 5.78 Å². The minimum absolute atomic E-state index is 0.185. The average Bonchev–Trinajstić information content (AvgIpc) is 2.97. The molecule has 6 heteroatoms. The van der Waals surface area contributed by atoms with Crippen LogP contribution in [0.15, 0.2) is 64.2 Å². The van der Waals surface area contributed by atoms with Crippen LogP contribution in [0.2, 0.25) is 0 Å². The van der Waals surface area contributed by atoms with Gasteiger partial charge in [-0.2, -0.15) is 0 Å². The molecule has 0 aliphatic carbocycles. The number of aryl methyl sites for hydroxylation is 1. The second kappa shape index (κ2) is 6.17. The predicted octanol–water partition coefficient (Wildman–Crippen LogP) is 4.82. The lowest BCUT2D eigenvalue weighted by Crippen LogP contribution is -2.03. The van der Waals surface area contributed by atoms with Gasteiger partial charge in [0.1, 0.15) is 11.5 Å². The van der Waals surface area contributed by atoms with Crippen LogP contribution < -0.4 is 0 Å². The van der Waals surface area contributed by atoms with E-state index in [9.17, 15) is 4.79 Å². The zero-order valence-corrected chi connectivity index (χ0v) is 12.3. The predicted molar refractivity (Wildman–Crippen MR) is 85.4 cm³/mol. The fraction of sp³-hybridized carbons (Fsp3) is 0.0588. The van der Waals surface area contributed by atoms with E-state index >= 15 is 0 Å². The maximum atomic E-state index is 12.8. The van der Waals surface area contributed by atoms with Crippen LogP contribution in [0, 0.1) is 6.92 Å². The molecule has 0 unspecified atom stereocenters. The lowest BCUT2D eigenvalue weighted by molar-refractivity contribution is 0.103. The number of nitrogens with zero attached hydrogens (tertiary/aromatic N) is 4. The molecule has 0 amide bonds. The number of ketones is 1. The molecule has 0 fully saturated rings. The van der Waals surface area contributed by atoms with Crippen molar-refractivity contribution >= 4 is 11.5 Å².